The second kappa shape index (κ2) is 9.94. The van der Waals surface area contributed by atoms with Crippen LogP contribution in [0.1, 0.15) is 23.7 Å². The Morgan fingerprint density at radius 1 is 1.27 bits per heavy atom. The van der Waals surface area contributed by atoms with Gasteiger partial charge in [0, 0.05) is 25.3 Å². The molecule has 0 atom stereocenters. The van der Waals surface area contributed by atoms with Crippen molar-refractivity contribution >= 4 is 32.7 Å². The van der Waals surface area contributed by atoms with Crippen LogP contribution < -0.4 is 21.5 Å². The standard InChI is InChI=1S/C19H21BrN3O2.BrH/c1-2-25-10-6-9-23-14-21-17-12-22(11-16(20)19(17)23)13-18(24)15-7-4-3-5-8-15;/h3-5,7-8,11-12,14H,2,6,9-10,13H2,1H3;1H/q+1;/p-1. The summed E-state index contributed by atoms with van der Waals surface area (Å²) in [5.41, 5.74) is 2.62. The van der Waals surface area contributed by atoms with Gasteiger partial charge in [0.25, 0.3) is 0 Å². The number of nitrogens with zero attached hydrogens (tertiary/aromatic N) is 3. The van der Waals surface area contributed by atoms with E-state index in [0.717, 1.165) is 41.7 Å². The highest BCUT2D eigenvalue weighted by Gasteiger charge is 2.17. The van der Waals surface area contributed by atoms with Gasteiger partial charge in [0.15, 0.2) is 17.9 Å². The summed E-state index contributed by atoms with van der Waals surface area (Å²) in [6.07, 6.45) is 6.63. The average Bonchev–Trinajstić information content (AvgIpc) is 3.03. The molecule has 0 saturated carbocycles. The van der Waals surface area contributed by atoms with Crippen LogP contribution in [0.25, 0.3) is 11.0 Å². The minimum atomic E-state index is 0. The molecule has 7 heteroatoms. The summed E-state index contributed by atoms with van der Waals surface area (Å²) in [5.74, 6) is 0.0768. The van der Waals surface area contributed by atoms with E-state index in [4.69, 9.17) is 4.74 Å². The van der Waals surface area contributed by atoms with Crippen molar-refractivity contribution in [2.24, 2.45) is 0 Å². The molecule has 0 N–H and O–H groups in total. The van der Waals surface area contributed by atoms with Gasteiger partial charge in [-0.05, 0) is 29.3 Å². The number of Topliss-reactive ketones (excluding diaryl/α,β-unsaturated/α-hetero) is 1. The van der Waals surface area contributed by atoms with Crippen LogP contribution in [-0.2, 0) is 17.8 Å². The van der Waals surface area contributed by atoms with Crippen LogP contribution in [0.2, 0.25) is 0 Å². The predicted molar refractivity (Wildman–Crippen MR) is 99.5 cm³/mol. The highest BCUT2D eigenvalue weighted by Crippen LogP contribution is 2.21. The van der Waals surface area contributed by atoms with Gasteiger partial charge in [-0.1, -0.05) is 30.3 Å². The number of ether oxygens (including phenoxy) is 1. The van der Waals surface area contributed by atoms with E-state index in [1.165, 1.54) is 0 Å². The molecule has 2 heterocycles. The van der Waals surface area contributed by atoms with E-state index in [1.54, 1.807) is 0 Å². The van der Waals surface area contributed by atoms with Gasteiger partial charge in [-0.15, -0.1) is 0 Å². The zero-order chi connectivity index (χ0) is 17.6. The molecule has 5 nitrogen and oxygen atoms in total. The molecule has 0 aliphatic heterocycles. The second-order valence-electron chi connectivity index (χ2n) is 5.79. The third-order valence-electron chi connectivity index (χ3n) is 3.97. The van der Waals surface area contributed by atoms with Gasteiger partial charge in [-0.2, -0.15) is 4.57 Å². The Morgan fingerprint density at radius 3 is 2.77 bits per heavy atom. The summed E-state index contributed by atoms with van der Waals surface area (Å²) in [6, 6.07) is 9.33. The van der Waals surface area contributed by atoms with Crippen molar-refractivity contribution in [2.45, 2.75) is 26.4 Å². The largest absolute Gasteiger partial charge is 1.00 e. The molecule has 0 aliphatic carbocycles. The van der Waals surface area contributed by atoms with Crippen molar-refractivity contribution in [3.63, 3.8) is 0 Å². The molecule has 138 valence electrons. The number of halogens is 2. The minimum Gasteiger partial charge on any atom is -1.00 e. The molecule has 3 rings (SSSR count). The lowest BCUT2D eigenvalue weighted by atomic mass is 10.1. The quantitative estimate of drug-likeness (QED) is 0.265. The van der Waals surface area contributed by atoms with Crippen LogP contribution in [0, 0.1) is 0 Å². The fourth-order valence-corrected chi connectivity index (χ4v) is 3.47. The first kappa shape index (κ1) is 20.7. The summed E-state index contributed by atoms with van der Waals surface area (Å²) in [5, 5.41) is 0. The first-order valence-electron chi connectivity index (χ1n) is 8.38. The van der Waals surface area contributed by atoms with Gasteiger partial charge in [0.2, 0.25) is 12.3 Å². The van der Waals surface area contributed by atoms with Gasteiger partial charge in [-0.25, -0.2) is 4.98 Å². The summed E-state index contributed by atoms with van der Waals surface area (Å²) in [7, 11) is 0. The van der Waals surface area contributed by atoms with E-state index in [0.29, 0.717) is 5.56 Å². The van der Waals surface area contributed by atoms with Crippen LogP contribution in [0.3, 0.4) is 0 Å². The summed E-state index contributed by atoms with van der Waals surface area (Å²) >= 11 is 3.62. The van der Waals surface area contributed by atoms with E-state index < -0.39 is 0 Å². The molecule has 1 aromatic carbocycles. The zero-order valence-electron chi connectivity index (χ0n) is 14.6. The maximum absolute atomic E-state index is 12.4. The van der Waals surface area contributed by atoms with Crippen LogP contribution in [0.5, 0.6) is 0 Å². The number of benzene rings is 1. The lowest BCUT2D eigenvalue weighted by Crippen LogP contribution is -3.00. The van der Waals surface area contributed by atoms with E-state index in [-0.39, 0.29) is 29.3 Å². The molecule has 0 spiro atoms. The summed E-state index contributed by atoms with van der Waals surface area (Å²) in [6.45, 7) is 4.62. The SMILES string of the molecule is CCOCCCn1cnc2c[n+](CC(=O)c3ccccc3)cc(Br)c21.[Br-]. The first-order valence-corrected chi connectivity index (χ1v) is 9.17. The molecule has 2 aromatic heterocycles. The fraction of sp³-hybridized carbons (Fsp3) is 0.316. The maximum atomic E-state index is 12.4. The van der Waals surface area contributed by atoms with Crippen molar-refractivity contribution in [3.05, 3.63) is 59.1 Å². The molecule has 0 amide bonds. The normalized spacial score (nSPS) is 10.7. The van der Waals surface area contributed by atoms with Gasteiger partial charge in [0.1, 0.15) is 4.47 Å². The van der Waals surface area contributed by atoms with Crippen LogP contribution in [0.15, 0.2) is 53.5 Å². The number of hydrogen-bond acceptors (Lipinski definition) is 3. The number of pyridine rings is 1. The number of carbonyl (C=O) groups is 1. The highest BCUT2D eigenvalue weighted by atomic mass is 79.9. The van der Waals surface area contributed by atoms with E-state index in [9.17, 15) is 4.79 Å². The minimum absolute atomic E-state index is 0. The van der Waals surface area contributed by atoms with Gasteiger partial charge >= 0.3 is 0 Å². The number of hydrogen-bond donors (Lipinski definition) is 0. The van der Waals surface area contributed by atoms with Gasteiger partial charge in [0.05, 0.1) is 11.8 Å². The van der Waals surface area contributed by atoms with E-state index >= 15 is 0 Å². The molecule has 0 saturated heterocycles. The molecule has 0 unspecified atom stereocenters. The van der Waals surface area contributed by atoms with Crippen molar-refractivity contribution in [1.29, 1.82) is 0 Å². The Morgan fingerprint density at radius 2 is 2.04 bits per heavy atom. The lowest BCUT2D eigenvalue weighted by Gasteiger charge is -2.05. The molecule has 0 fully saturated rings. The summed E-state index contributed by atoms with van der Waals surface area (Å²) < 4.78 is 10.3. The number of ketones is 1. The molecule has 0 radical (unpaired) electrons. The summed E-state index contributed by atoms with van der Waals surface area (Å²) in [4.78, 5) is 16.9. The number of aryl methyl sites for hydroxylation is 1. The van der Waals surface area contributed by atoms with Crippen LogP contribution >= 0.6 is 15.9 Å². The number of carbonyl (C=O) groups excluding carboxylic acids is 1. The third kappa shape index (κ3) is 4.99. The Kier molecular flexibility index (Phi) is 7.93. The molecular formula is C19H21Br2N3O2. The van der Waals surface area contributed by atoms with E-state index in [1.807, 2.05) is 60.5 Å². The fourth-order valence-electron chi connectivity index (χ4n) is 2.78. The molecule has 26 heavy (non-hydrogen) atoms. The Hall–Kier alpha value is -1.57. The topological polar surface area (TPSA) is 48.0 Å². The van der Waals surface area contributed by atoms with Gasteiger partial charge < -0.3 is 26.3 Å². The Bertz CT molecular complexity index is 866. The Labute approximate surface area is 171 Å². The molecule has 0 bridgehead atoms. The number of aromatic nitrogens is 3. The first-order chi connectivity index (χ1) is 12.2. The molecule has 3 aromatic rings. The number of fused-ring (bicyclic) bond motifs is 1. The maximum Gasteiger partial charge on any atom is 0.227 e. The van der Waals surface area contributed by atoms with Gasteiger partial charge in [-0.3, -0.25) is 4.79 Å². The van der Waals surface area contributed by atoms with Crippen LogP contribution in [0.4, 0.5) is 0 Å². The third-order valence-corrected chi connectivity index (χ3v) is 4.55. The van der Waals surface area contributed by atoms with Crippen LogP contribution in [-0.4, -0.2) is 28.5 Å². The molecule has 0 aliphatic rings. The van der Waals surface area contributed by atoms with Crippen molar-refractivity contribution in [1.82, 2.24) is 9.55 Å². The monoisotopic (exact) mass is 481 g/mol. The number of rotatable bonds is 8. The zero-order valence-corrected chi connectivity index (χ0v) is 17.7. The smallest absolute Gasteiger partial charge is 0.227 e. The Balaban J connectivity index is 0.00000243. The molecular weight excluding hydrogens is 462 g/mol. The van der Waals surface area contributed by atoms with Crippen molar-refractivity contribution in [2.75, 3.05) is 13.2 Å². The van der Waals surface area contributed by atoms with Crippen molar-refractivity contribution < 1.29 is 31.1 Å². The average molecular weight is 483 g/mol. The van der Waals surface area contributed by atoms with Crippen molar-refractivity contribution in [3.8, 4) is 0 Å². The predicted octanol–water partition coefficient (Wildman–Crippen LogP) is 0.400. The second-order valence-corrected chi connectivity index (χ2v) is 6.64. The number of imidazole rings is 1. The highest BCUT2D eigenvalue weighted by molar-refractivity contribution is 9.10. The lowest BCUT2D eigenvalue weighted by molar-refractivity contribution is -0.682. The van der Waals surface area contributed by atoms with E-state index in [2.05, 4.69) is 25.5 Å².